The van der Waals surface area contributed by atoms with Gasteiger partial charge in [0, 0.05) is 18.4 Å². The topological polar surface area (TPSA) is 63.6 Å². The standard InChI is InChI=1S/C12H14ClN5/c13-10-9-11(15-7-6-14-9)18-12(17-10)16-8-4-2-1-3-5-8/h6-8H,1-5H2,(H,15,16,17,18). The summed E-state index contributed by atoms with van der Waals surface area (Å²) in [6.07, 6.45) is 9.38. The Kier molecular flexibility index (Phi) is 3.23. The molecule has 3 rings (SSSR count). The Balaban J connectivity index is 1.87. The lowest BCUT2D eigenvalue weighted by molar-refractivity contribution is 0.461. The van der Waals surface area contributed by atoms with Crippen LogP contribution in [-0.2, 0) is 0 Å². The average Bonchev–Trinajstić information content (AvgIpc) is 2.40. The van der Waals surface area contributed by atoms with Crippen molar-refractivity contribution < 1.29 is 0 Å². The first kappa shape index (κ1) is 11.6. The number of hydrogen-bond acceptors (Lipinski definition) is 5. The normalized spacial score (nSPS) is 16.9. The van der Waals surface area contributed by atoms with Crippen LogP contribution in [0.2, 0.25) is 5.15 Å². The summed E-state index contributed by atoms with van der Waals surface area (Å²) in [5.74, 6) is 0.555. The zero-order valence-corrected chi connectivity index (χ0v) is 10.7. The minimum Gasteiger partial charge on any atom is -0.351 e. The highest BCUT2D eigenvalue weighted by molar-refractivity contribution is 6.33. The van der Waals surface area contributed by atoms with Gasteiger partial charge in [0.25, 0.3) is 0 Å². The molecule has 1 aliphatic carbocycles. The predicted molar refractivity (Wildman–Crippen MR) is 70.6 cm³/mol. The Morgan fingerprint density at radius 1 is 1.06 bits per heavy atom. The number of hydrogen-bond donors (Lipinski definition) is 1. The Hall–Kier alpha value is -1.49. The molecule has 1 fully saturated rings. The van der Waals surface area contributed by atoms with Gasteiger partial charge in [-0.3, -0.25) is 0 Å². The summed E-state index contributed by atoms with van der Waals surface area (Å²) in [5.41, 5.74) is 1.09. The third-order valence-corrected chi connectivity index (χ3v) is 3.49. The number of anilines is 1. The van der Waals surface area contributed by atoms with Crippen molar-refractivity contribution in [3.8, 4) is 0 Å². The van der Waals surface area contributed by atoms with Crippen molar-refractivity contribution in [1.29, 1.82) is 0 Å². The zero-order valence-electron chi connectivity index (χ0n) is 9.93. The monoisotopic (exact) mass is 263 g/mol. The van der Waals surface area contributed by atoms with Crippen LogP contribution in [0.3, 0.4) is 0 Å². The summed E-state index contributed by atoms with van der Waals surface area (Å²) >= 11 is 6.09. The van der Waals surface area contributed by atoms with Gasteiger partial charge in [-0.25, -0.2) is 9.97 Å². The molecule has 0 bridgehead atoms. The van der Waals surface area contributed by atoms with E-state index in [4.69, 9.17) is 11.6 Å². The summed E-state index contributed by atoms with van der Waals surface area (Å²) in [7, 11) is 0. The quantitative estimate of drug-likeness (QED) is 0.844. The van der Waals surface area contributed by atoms with Crippen molar-refractivity contribution in [3.05, 3.63) is 17.5 Å². The lowest BCUT2D eigenvalue weighted by Crippen LogP contribution is -2.23. The Morgan fingerprint density at radius 3 is 2.67 bits per heavy atom. The first-order chi connectivity index (χ1) is 8.83. The molecule has 0 aliphatic heterocycles. The van der Waals surface area contributed by atoms with Crippen molar-refractivity contribution in [1.82, 2.24) is 19.9 Å². The largest absolute Gasteiger partial charge is 0.351 e. The summed E-state index contributed by atoms with van der Waals surface area (Å²) in [6.45, 7) is 0. The molecule has 0 saturated heterocycles. The highest BCUT2D eigenvalue weighted by Crippen LogP contribution is 2.22. The molecule has 0 spiro atoms. The molecule has 5 nitrogen and oxygen atoms in total. The van der Waals surface area contributed by atoms with E-state index in [9.17, 15) is 0 Å². The van der Waals surface area contributed by atoms with Crippen LogP contribution in [-0.4, -0.2) is 26.0 Å². The Morgan fingerprint density at radius 2 is 1.83 bits per heavy atom. The third kappa shape index (κ3) is 2.36. The van der Waals surface area contributed by atoms with Crippen molar-refractivity contribution in [2.45, 2.75) is 38.1 Å². The molecule has 1 saturated carbocycles. The molecule has 0 radical (unpaired) electrons. The number of rotatable bonds is 2. The van der Waals surface area contributed by atoms with E-state index in [-0.39, 0.29) is 0 Å². The maximum Gasteiger partial charge on any atom is 0.226 e. The second-order valence-corrected chi connectivity index (χ2v) is 4.90. The van der Waals surface area contributed by atoms with Crippen LogP contribution in [0.5, 0.6) is 0 Å². The number of nitrogens with zero attached hydrogens (tertiary/aromatic N) is 4. The van der Waals surface area contributed by atoms with E-state index < -0.39 is 0 Å². The molecular formula is C12H14ClN5. The second-order valence-electron chi connectivity index (χ2n) is 4.55. The van der Waals surface area contributed by atoms with Gasteiger partial charge in [0.15, 0.2) is 10.8 Å². The highest BCUT2D eigenvalue weighted by atomic mass is 35.5. The van der Waals surface area contributed by atoms with Crippen LogP contribution < -0.4 is 5.32 Å². The minimum atomic E-state index is 0.353. The highest BCUT2D eigenvalue weighted by Gasteiger charge is 2.15. The molecule has 0 aromatic carbocycles. The molecule has 2 aromatic rings. The van der Waals surface area contributed by atoms with E-state index in [1.54, 1.807) is 12.4 Å². The SMILES string of the molecule is Clc1nc(NC2CCCCC2)nc2nccnc12. The van der Waals surface area contributed by atoms with E-state index in [1.165, 1.54) is 32.1 Å². The molecule has 0 unspecified atom stereocenters. The number of fused-ring (bicyclic) bond motifs is 1. The van der Waals surface area contributed by atoms with E-state index in [0.717, 1.165) is 0 Å². The van der Waals surface area contributed by atoms with Crippen LogP contribution in [0.15, 0.2) is 12.4 Å². The van der Waals surface area contributed by atoms with Gasteiger partial charge in [0.05, 0.1) is 0 Å². The van der Waals surface area contributed by atoms with Gasteiger partial charge in [-0.1, -0.05) is 30.9 Å². The Bertz CT molecular complexity index is 553. The fourth-order valence-electron chi connectivity index (χ4n) is 2.32. The molecule has 6 heteroatoms. The molecule has 18 heavy (non-hydrogen) atoms. The van der Waals surface area contributed by atoms with E-state index in [0.29, 0.717) is 28.3 Å². The summed E-state index contributed by atoms with van der Waals surface area (Å²) < 4.78 is 0. The lowest BCUT2D eigenvalue weighted by atomic mass is 9.96. The number of halogens is 1. The van der Waals surface area contributed by atoms with Gasteiger partial charge in [0.2, 0.25) is 5.95 Å². The minimum absolute atomic E-state index is 0.353. The van der Waals surface area contributed by atoms with Crippen LogP contribution in [0.1, 0.15) is 32.1 Å². The van der Waals surface area contributed by atoms with Gasteiger partial charge >= 0.3 is 0 Å². The molecular weight excluding hydrogens is 250 g/mol. The molecule has 1 aliphatic rings. The summed E-state index contributed by atoms with van der Waals surface area (Å²) in [6, 6.07) is 0.448. The molecule has 0 amide bonds. The molecule has 2 heterocycles. The maximum atomic E-state index is 6.09. The lowest BCUT2D eigenvalue weighted by Gasteiger charge is -2.22. The van der Waals surface area contributed by atoms with Gasteiger partial charge in [-0.15, -0.1) is 0 Å². The average molecular weight is 264 g/mol. The van der Waals surface area contributed by atoms with Crippen molar-refractivity contribution in [2.24, 2.45) is 0 Å². The summed E-state index contributed by atoms with van der Waals surface area (Å²) in [5, 5.41) is 3.69. The first-order valence-corrected chi connectivity index (χ1v) is 6.61. The van der Waals surface area contributed by atoms with Crippen LogP contribution >= 0.6 is 11.6 Å². The van der Waals surface area contributed by atoms with E-state index in [2.05, 4.69) is 25.3 Å². The van der Waals surface area contributed by atoms with Gasteiger partial charge in [-0.2, -0.15) is 9.97 Å². The van der Waals surface area contributed by atoms with Gasteiger partial charge in [-0.05, 0) is 12.8 Å². The number of nitrogens with one attached hydrogen (secondary N) is 1. The predicted octanol–water partition coefficient (Wildman–Crippen LogP) is 2.82. The molecule has 2 aromatic heterocycles. The molecule has 94 valence electrons. The second kappa shape index (κ2) is 5.02. The fourth-order valence-corrected chi connectivity index (χ4v) is 2.54. The molecule has 0 atom stereocenters. The Labute approximate surface area is 110 Å². The summed E-state index contributed by atoms with van der Waals surface area (Å²) in [4.78, 5) is 16.9. The van der Waals surface area contributed by atoms with Crippen LogP contribution in [0, 0.1) is 0 Å². The maximum absolute atomic E-state index is 6.09. The first-order valence-electron chi connectivity index (χ1n) is 6.24. The van der Waals surface area contributed by atoms with E-state index in [1.807, 2.05) is 0 Å². The van der Waals surface area contributed by atoms with Crippen molar-refractivity contribution in [3.63, 3.8) is 0 Å². The van der Waals surface area contributed by atoms with Crippen molar-refractivity contribution >= 4 is 28.7 Å². The zero-order chi connectivity index (χ0) is 12.4. The number of aromatic nitrogens is 4. The molecule has 1 N–H and O–H groups in total. The van der Waals surface area contributed by atoms with Crippen molar-refractivity contribution in [2.75, 3.05) is 5.32 Å². The van der Waals surface area contributed by atoms with Gasteiger partial charge < -0.3 is 5.32 Å². The van der Waals surface area contributed by atoms with E-state index >= 15 is 0 Å². The van der Waals surface area contributed by atoms with Crippen LogP contribution in [0.4, 0.5) is 5.95 Å². The fraction of sp³-hybridized carbons (Fsp3) is 0.500. The third-order valence-electron chi connectivity index (χ3n) is 3.23. The van der Waals surface area contributed by atoms with Gasteiger partial charge in [0.1, 0.15) is 5.52 Å². The van der Waals surface area contributed by atoms with Crippen LogP contribution in [0.25, 0.3) is 11.2 Å². The smallest absolute Gasteiger partial charge is 0.226 e.